The lowest BCUT2D eigenvalue weighted by molar-refractivity contribution is 0.578. The Bertz CT molecular complexity index is 942. The van der Waals surface area contributed by atoms with Crippen LogP contribution < -0.4 is 4.72 Å². The Morgan fingerprint density at radius 1 is 1.08 bits per heavy atom. The molecular weight excluding hydrogens is 418 g/mol. The fraction of sp³-hybridized carbons (Fsp3) is 0.0714. The van der Waals surface area contributed by atoms with Crippen LogP contribution in [0.4, 0.5) is 0 Å². The molecule has 10 heteroatoms. The summed E-state index contributed by atoms with van der Waals surface area (Å²) in [6, 6.07) is 13.2. The highest BCUT2D eigenvalue weighted by atomic mass is 79.9. The van der Waals surface area contributed by atoms with Gasteiger partial charge in [-0.2, -0.15) is 4.68 Å². The first-order valence-corrected chi connectivity index (χ1v) is 9.39. The van der Waals surface area contributed by atoms with Gasteiger partial charge in [0, 0.05) is 9.50 Å². The Labute approximate surface area is 151 Å². The van der Waals surface area contributed by atoms with Crippen molar-refractivity contribution >= 4 is 37.6 Å². The molecule has 0 aliphatic heterocycles. The van der Waals surface area contributed by atoms with E-state index < -0.39 is 10.0 Å². The lowest BCUT2D eigenvalue weighted by Crippen LogP contribution is -2.25. The minimum Gasteiger partial charge on any atom is -0.207 e. The third-order valence-corrected chi connectivity index (χ3v) is 5.35. The van der Waals surface area contributed by atoms with E-state index in [2.05, 4.69) is 36.2 Å². The van der Waals surface area contributed by atoms with E-state index in [0.717, 1.165) is 4.47 Å². The standard InChI is InChI=1S/C14H11BrClN5O2S/c15-10-1-7-13(8-2-10)24(22,23)17-9-14-18-19-20-21(14)12-5-3-11(16)4-6-12/h1-8,17H,9H2. The molecule has 2 aromatic carbocycles. The summed E-state index contributed by atoms with van der Waals surface area (Å²) in [5, 5.41) is 11.9. The predicted octanol–water partition coefficient (Wildman–Crippen LogP) is 2.56. The first-order valence-electron chi connectivity index (χ1n) is 6.74. The van der Waals surface area contributed by atoms with Gasteiger partial charge in [-0.1, -0.05) is 27.5 Å². The highest BCUT2D eigenvalue weighted by molar-refractivity contribution is 9.10. The van der Waals surface area contributed by atoms with Crippen molar-refractivity contribution in [1.82, 2.24) is 24.9 Å². The summed E-state index contributed by atoms with van der Waals surface area (Å²) >= 11 is 9.13. The first kappa shape index (κ1) is 17.0. The molecule has 24 heavy (non-hydrogen) atoms. The van der Waals surface area contributed by atoms with Gasteiger partial charge in [-0.05, 0) is 59.0 Å². The van der Waals surface area contributed by atoms with Crippen molar-refractivity contribution in [3.8, 4) is 5.69 Å². The molecule has 3 aromatic rings. The third kappa shape index (κ3) is 3.81. The summed E-state index contributed by atoms with van der Waals surface area (Å²) in [7, 11) is -3.66. The number of nitrogens with one attached hydrogen (secondary N) is 1. The molecule has 1 aromatic heterocycles. The molecule has 0 saturated heterocycles. The lowest BCUT2D eigenvalue weighted by Gasteiger charge is -2.07. The summed E-state index contributed by atoms with van der Waals surface area (Å²) in [6.07, 6.45) is 0. The van der Waals surface area contributed by atoms with Crippen molar-refractivity contribution in [2.45, 2.75) is 11.4 Å². The van der Waals surface area contributed by atoms with Crippen LogP contribution in [0.25, 0.3) is 5.69 Å². The summed E-state index contributed by atoms with van der Waals surface area (Å²) < 4.78 is 29.3. The van der Waals surface area contributed by atoms with Gasteiger partial charge in [-0.15, -0.1) is 5.10 Å². The van der Waals surface area contributed by atoms with Crippen LogP contribution in [0.15, 0.2) is 57.9 Å². The van der Waals surface area contributed by atoms with E-state index in [1.807, 2.05) is 0 Å². The highest BCUT2D eigenvalue weighted by Crippen LogP contribution is 2.16. The molecule has 0 spiro atoms. The molecule has 3 rings (SSSR count). The summed E-state index contributed by atoms with van der Waals surface area (Å²) in [4.78, 5) is 0.163. The van der Waals surface area contributed by atoms with Crippen molar-refractivity contribution in [2.75, 3.05) is 0 Å². The molecular formula is C14H11BrClN5O2S. The summed E-state index contributed by atoms with van der Waals surface area (Å²) in [5.74, 6) is 0.359. The smallest absolute Gasteiger partial charge is 0.207 e. The maximum absolute atomic E-state index is 12.3. The van der Waals surface area contributed by atoms with E-state index >= 15 is 0 Å². The maximum atomic E-state index is 12.3. The number of nitrogens with zero attached hydrogens (tertiary/aromatic N) is 4. The molecule has 124 valence electrons. The van der Waals surface area contributed by atoms with Crippen LogP contribution in [0.2, 0.25) is 5.02 Å². The average molecular weight is 429 g/mol. The van der Waals surface area contributed by atoms with Gasteiger partial charge in [0.15, 0.2) is 5.82 Å². The van der Waals surface area contributed by atoms with E-state index in [-0.39, 0.29) is 11.4 Å². The number of aromatic nitrogens is 4. The Hall–Kier alpha value is -1.81. The van der Waals surface area contributed by atoms with Crippen LogP contribution in [0.5, 0.6) is 0 Å². The van der Waals surface area contributed by atoms with Gasteiger partial charge in [-0.25, -0.2) is 13.1 Å². The van der Waals surface area contributed by atoms with Crippen LogP contribution in [0.3, 0.4) is 0 Å². The van der Waals surface area contributed by atoms with E-state index in [4.69, 9.17) is 11.6 Å². The van der Waals surface area contributed by atoms with Crippen molar-refractivity contribution in [1.29, 1.82) is 0 Å². The molecule has 7 nitrogen and oxygen atoms in total. The number of halogens is 2. The number of rotatable bonds is 5. The van der Waals surface area contributed by atoms with Gasteiger partial charge in [0.25, 0.3) is 0 Å². The molecule has 0 fully saturated rings. The van der Waals surface area contributed by atoms with Crippen LogP contribution in [0, 0.1) is 0 Å². The van der Waals surface area contributed by atoms with E-state index in [0.29, 0.717) is 16.5 Å². The van der Waals surface area contributed by atoms with Gasteiger partial charge < -0.3 is 0 Å². The van der Waals surface area contributed by atoms with Gasteiger partial charge in [0.1, 0.15) is 0 Å². The Balaban J connectivity index is 1.79. The van der Waals surface area contributed by atoms with Crippen LogP contribution >= 0.6 is 27.5 Å². The SMILES string of the molecule is O=S(=O)(NCc1nnnn1-c1ccc(Cl)cc1)c1ccc(Br)cc1. The van der Waals surface area contributed by atoms with Gasteiger partial charge in [-0.3, -0.25) is 0 Å². The van der Waals surface area contributed by atoms with Crippen molar-refractivity contribution in [2.24, 2.45) is 0 Å². The fourth-order valence-electron chi connectivity index (χ4n) is 1.96. The Morgan fingerprint density at radius 3 is 2.42 bits per heavy atom. The topological polar surface area (TPSA) is 89.8 Å². The second-order valence-electron chi connectivity index (χ2n) is 4.76. The van der Waals surface area contributed by atoms with E-state index in [9.17, 15) is 8.42 Å². The molecule has 0 aliphatic carbocycles. The molecule has 0 unspecified atom stereocenters. The lowest BCUT2D eigenvalue weighted by atomic mass is 10.3. The van der Waals surface area contributed by atoms with Crippen molar-refractivity contribution in [3.05, 3.63) is 63.9 Å². The molecule has 0 aliphatic rings. The molecule has 0 amide bonds. The predicted molar refractivity (Wildman–Crippen MR) is 92.3 cm³/mol. The second-order valence-corrected chi connectivity index (χ2v) is 7.88. The highest BCUT2D eigenvalue weighted by Gasteiger charge is 2.16. The fourth-order valence-corrected chi connectivity index (χ4v) is 3.33. The largest absolute Gasteiger partial charge is 0.240 e. The number of sulfonamides is 1. The molecule has 0 bridgehead atoms. The first-order chi connectivity index (χ1) is 11.5. The van der Waals surface area contributed by atoms with Crippen molar-refractivity contribution < 1.29 is 8.42 Å². The van der Waals surface area contributed by atoms with Gasteiger partial charge in [0.2, 0.25) is 10.0 Å². The van der Waals surface area contributed by atoms with Crippen LogP contribution in [-0.4, -0.2) is 28.6 Å². The quantitative estimate of drug-likeness (QED) is 0.674. The second kappa shape index (κ2) is 6.98. The molecule has 1 heterocycles. The minimum atomic E-state index is -3.66. The van der Waals surface area contributed by atoms with Gasteiger partial charge >= 0.3 is 0 Å². The molecule has 0 radical (unpaired) electrons. The van der Waals surface area contributed by atoms with E-state index in [1.165, 1.54) is 16.8 Å². The number of tetrazole rings is 1. The minimum absolute atomic E-state index is 0.0476. The normalized spacial score (nSPS) is 11.6. The summed E-state index contributed by atoms with van der Waals surface area (Å²) in [5.41, 5.74) is 0.683. The van der Waals surface area contributed by atoms with Crippen LogP contribution in [-0.2, 0) is 16.6 Å². The van der Waals surface area contributed by atoms with Crippen LogP contribution in [0.1, 0.15) is 5.82 Å². The van der Waals surface area contributed by atoms with Gasteiger partial charge in [0.05, 0.1) is 17.1 Å². The summed E-state index contributed by atoms with van der Waals surface area (Å²) in [6.45, 7) is -0.0476. The van der Waals surface area contributed by atoms with E-state index in [1.54, 1.807) is 36.4 Å². The maximum Gasteiger partial charge on any atom is 0.240 e. The molecule has 0 atom stereocenters. The zero-order chi connectivity index (χ0) is 17.2. The number of hydrogen-bond acceptors (Lipinski definition) is 5. The monoisotopic (exact) mass is 427 g/mol. The zero-order valence-corrected chi connectivity index (χ0v) is 15.3. The third-order valence-electron chi connectivity index (χ3n) is 3.15. The number of hydrogen-bond donors (Lipinski definition) is 1. The Morgan fingerprint density at radius 2 is 1.75 bits per heavy atom. The molecule has 0 saturated carbocycles. The zero-order valence-electron chi connectivity index (χ0n) is 12.1. The average Bonchev–Trinajstić information content (AvgIpc) is 3.03. The molecule has 1 N–H and O–H groups in total. The van der Waals surface area contributed by atoms with Crippen molar-refractivity contribution in [3.63, 3.8) is 0 Å². The Kier molecular flexibility index (Phi) is 4.95. The number of benzene rings is 2.